The largest absolute Gasteiger partial charge is 0.493 e. The quantitative estimate of drug-likeness (QED) is 0.0398. The molecule has 0 aliphatic rings. The Bertz CT molecular complexity index is 2110. The number of thiophene rings is 2. The number of aryl methyl sites for hydroxylation is 1. The highest BCUT2D eigenvalue weighted by molar-refractivity contribution is 7.21. The number of hydrogen-bond acceptors (Lipinski definition) is 8. The number of rotatable bonds is 13. The first-order valence-corrected chi connectivity index (χ1v) is 18.4. The van der Waals surface area contributed by atoms with Crippen LogP contribution in [0.15, 0.2) is 97.1 Å². The number of nitrogen functional groups attached to an aromatic ring is 1. The Morgan fingerprint density at radius 3 is 1.62 bits per heavy atom. The van der Waals surface area contributed by atoms with Crippen molar-refractivity contribution in [1.29, 1.82) is 10.8 Å². The summed E-state index contributed by atoms with van der Waals surface area (Å²) >= 11 is 2.92. The van der Waals surface area contributed by atoms with Crippen molar-refractivity contribution >= 4 is 66.8 Å². The molecule has 52 heavy (non-hydrogen) atoms. The lowest BCUT2D eigenvalue weighted by Gasteiger charge is -2.10. The zero-order valence-corrected chi connectivity index (χ0v) is 31.1. The number of hydrogen-bond donors (Lipinski definition) is 6. The molecule has 2 amide bonds. The molecule has 10 nitrogen and oxygen atoms in total. The minimum absolute atomic E-state index is 0.00525. The number of nitrogens with one attached hydrogen (secondary N) is 4. The van der Waals surface area contributed by atoms with Crippen molar-refractivity contribution in [3.8, 4) is 11.5 Å². The second-order valence-corrected chi connectivity index (χ2v) is 13.5. The van der Waals surface area contributed by atoms with Crippen LogP contribution in [0.1, 0.15) is 61.9 Å². The van der Waals surface area contributed by atoms with Gasteiger partial charge in [-0.15, -0.1) is 22.7 Å². The van der Waals surface area contributed by atoms with Gasteiger partial charge in [-0.2, -0.15) is 0 Å². The zero-order valence-electron chi connectivity index (χ0n) is 29.5. The molecule has 2 aromatic heterocycles. The summed E-state index contributed by atoms with van der Waals surface area (Å²) in [6, 6.07) is 30.9. The zero-order chi connectivity index (χ0) is 37.5. The van der Waals surface area contributed by atoms with Crippen LogP contribution in [0.4, 0.5) is 0 Å². The van der Waals surface area contributed by atoms with Crippen molar-refractivity contribution in [2.45, 2.75) is 40.3 Å². The van der Waals surface area contributed by atoms with Crippen molar-refractivity contribution < 1.29 is 19.1 Å². The molecule has 0 saturated carbocycles. The van der Waals surface area contributed by atoms with Gasteiger partial charge in [0, 0.05) is 34.5 Å². The van der Waals surface area contributed by atoms with Gasteiger partial charge >= 0.3 is 0 Å². The molecule has 8 N–H and O–H groups in total. The van der Waals surface area contributed by atoms with Crippen molar-refractivity contribution in [3.05, 3.63) is 129 Å². The van der Waals surface area contributed by atoms with Gasteiger partial charge < -0.3 is 31.6 Å². The van der Waals surface area contributed by atoms with Crippen LogP contribution in [-0.2, 0) is 13.1 Å². The maximum Gasteiger partial charge on any atom is 0.261 e. The van der Waals surface area contributed by atoms with Crippen molar-refractivity contribution in [2.24, 2.45) is 11.5 Å². The predicted octanol–water partition coefficient (Wildman–Crippen LogP) is 7.99. The van der Waals surface area contributed by atoms with E-state index < -0.39 is 0 Å². The second kappa shape index (κ2) is 19.6. The number of ether oxygens (including phenoxy) is 2. The van der Waals surface area contributed by atoms with Crippen molar-refractivity contribution in [1.82, 2.24) is 10.6 Å². The van der Waals surface area contributed by atoms with E-state index in [-0.39, 0.29) is 17.6 Å². The Labute approximate surface area is 311 Å². The predicted molar refractivity (Wildman–Crippen MR) is 215 cm³/mol. The van der Waals surface area contributed by atoms with Crippen molar-refractivity contribution in [3.63, 3.8) is 0 Å². The first-order chi connectivity index (χ1) is 25.2. The number of carbonyl (C=O) groups excluding carboxylic acids is 2. The fourth-order valence-electron chi connectivity index (χ4n) is 4.98. The summed E-state index contributed by atoms with van der Waals surface area (Å²) in [4.78, 5) is 26.7. The molecule has 0 radical (unpaired) electrons. The van der Waals surface area contributed by atoms with Crippen LogP contribution in [0.3, 0.4) is 0 Å². The summed E-state index contributed by atoms with van der Waals surface area (Å²) in [7, 11) is 0. The van der Waals surface area contributed by atoms with Gasteiger partial charge in [-0.05, 0) is 89.5 Å². The monoisotopic (exact) mass is 736 g/mol. The first kappa shape index (κ1) is 39.1. The van der Waals surface area contributed by atoms with Gasteiger partial charge in [0.15, 0.2) is 0 Å². The van der Waals surface area contributed by atoms with Crippen LogP contribution >= 0.6 is 22.7 Å². The highest BCUT2D eigenvalue weighted by atomic mass is 32.1. The molecule has 0 bridgehead atoms. The number of amidine groups is 1. The van der Waals surface area contributed by atoms with Gasteiger partial charge in [0.1, 0.15) is 17.3 Å². The Balaban J connectivity index is 0.00000115. The highest BCUT2D eigenvalue weighted by Gasteiger charge is 2.12. The standard InChI is InChI=1S/C37H34N4O4S2.C2H6.CH4N2/c1-23-3-13-31-27(17-23)19-33(46-31)36(42)40-21-24-4-9-29(10-5-24)44-15-2-16-45-30-11-6-25(7-12-30)22-41-37(43)34-20-28-18-26(35(38)39)8-14-32(28)47-34;1-2;2-1-3/h3-14,17-20H,2,15-16,21-22H2,1H3,(H3,38,39)(H,40,42)(H,41,43);1-2H3;1H,(H3,2,3). The highest BCUT2D eigenvalue weighted by Crippen LogP contribution is 2.28. The molecule has 12 heteroatoms. The SMILES string of the molecule is CC.Cc1ccc2sc(C(=O)NCc3ccc(OCCCOc4ccc(CNC(=O)c5cc6cc(C(=N)N)ccc6s5)cc4)cc3)cc2c1.N=CN. The van der Waals surface area contributed by atoms with Gasteiger partial charge in [-0.3, -0.25) is 20.4 Å². The normalized spacial score (nSPS) is 10.3. The molecule has 0 saturated heterocycles. The maximum atomic E-state index is 12.7. The summed E-state index contributed by atoms with van der Waals surface area (Å²) in [6.07, 6.45) is 1.47. The fraction of sp³-hybridized carbons (Fsp3) is 0.200. The number of benzene rings is 4. The minimum Gasteiger partial charge on any atom is -0.493 e. The molecule has 4 aromatic carbocycles. The van der Waals surface area contributed by atoms with Gasteiger partial charge in [0.25, 0.3) is 11.8 Å². The molecule has 6 rings (SSSR count). The molecular formula is C40H44N6O4S2. The number of amides is 2. The van der Waals surface area contributed by atoms with E-state index in [2.05, 4.69) is 34.6 Å². The van der Waals surface area contributed by atoms with Crippen LogP contribution < -0.4 is 31.6 Å². The topological polar surface area (TPSA) is 176 Å². The molecule has 2 heterocycles. The maximum absolute atomic E-state index is 12.7. The van der Waals surface area contributed by atoms with Gasteiger partial charge in [0.2, 0.25) is 0 Å². The molecule has 0 aliphatic carbocycles. The lowest BCUT2D eigenvalue weighted by atomic mass is 10.1. The third-order valence-electron chi connectivity index (χ3n) is 7.53. The molecule has 6 aromatic rings. The van der Waals surface area contributed by atoms with Gasteiger partial charge in [0.05, 0.1) is 29.3 Å². The van der Waals surface area contributed by atoms with Gasteiger partial charge in [-0.1, -0.05) is 55.8 Å². The van der Waals surface area contributed by atoms with E-state index in [0.29, 0.717) is 48.0 Å². The van der Waals surface area contributed by atoms with Crippen molar-refractivity contribution in [2.75, 3.05) is 13.2 Å². The van der Waals surface area contributed by atoms with Crippen LogP contribution in [0.5, 0.6) is 11.5 Å². The number of nitrogens with two attached hydrogens (primary N) is 2. The van der Waals surface area contributed by atoms with E-state index in [1.165, 1.54) is 28.2 Å². The fourth-order valence-corrected chi connectivity index (χ4v) is 6.90. The van der Waals surface area contributed by atoms with E-state index >= 15 is 0 Å². The van der Waals surface area contributed by atoms with E-state index in [1.807, 2.05) is 93.6 Å². The molecule has 270 valence electrons. The Hall–Kier alpha value is -5.72. The third kappa shape index (κ3) is 11.1. The Morgan fingerprint density at radius 1 is 0.712 bits per heavy atom. The molecule has 0 unspecified atom stereocenters. The molecule has 0 fully saturated rings. The lowest BCUT2D eigenvalue weighted by molar-refractivity contribution is 0.0947. The van der Waals surface area contributed by atoms with Gasteiger partial charge in [-0.25, -0.2) is 0 Å². The van der Waals surface area contributed by atoms with E-state index in [0.717, 1.165) is 49.1 Å². The first-order valence-electron chi connectivity index (χ1n) is 16.8. The molecule has 0 atom stereocenters. The van der Waals surface area contributed by atoms with Crippen LogP contribution in [0, 0.1) is 17.7 Å². The summed E-state index contributed by atoms with van der Waals surface area (Å²) in [5, 5.41) is 21.4. The third-order valence-corrected chi connectivity index (χ3v) is 9.76. The summed E-state index contributed by atoms with van der Waals surface area (Å²) < 4.78 is 13.8. The summed E-state index contributed by atoms with van der Waals surface area (Å²) in [6.45, 7) is 7.92. The smallest absolute Gasteiger partial charge is 0.261 e. The van der Waals surface area contributed by atoms with E-state index in [9.17, 15) is 9.59 Å². The van der Waals surface area contributed by atoms with Crippen LogP contribution in [0.25, 0.3) is 20.2 Å². The summed E-state index contributed by atoms with van der Waals surface area (Å²) in [5.41, 5.74) is 13.8. The molecule has 0 spiro atoms. The van der Waals surface area contributed by atoms with Crippen LogP contribution in [-0.4, -0.2) is 37.2 Å². The average Bonchev–Trinajstić information content (AvgIpc) is 3.79. The molecule has 0 aliphatic heterocycles. The molecular weight excluding hydrogens is 693 g/mol. The number of carbonyl (C=O) groups is 2. The van der Waals surface area contributed by atoms with E-state index in [1.54, 1.807) is 6.07 Å². The minimum atomic E-state index is -0.143. The van der Waals surface area contributed by atoms with E-state index in [4.69, 9.17) is 26.0 Å². The Kier molecular flexibility index (Phi) is 14.7. The van der Waals surface area contributed by atoms with Crippen LogP contribution in [0.2, 0.25) is 0 Å². The Morgan fingerprint density at radius 2 is 1.15 bits per heavy atom. The second-order valence-electron chi connectivity index (χ2n) is 11.3. The lowest BCUT2D eigenvalue weighted by Crippen LogP contribution is -2.21. The number of fused-ring (bicyclic) bond motifs is 2. The average molecular weight is 737 g/mol. The summed E-state index contributed by atoms with van der Waals surface area (Å²) in [5.74, 6) is 1.31.